The summed E-state index contributed by atoms with van der Waals surface area (Å²) in [5.74, 6) is 0. The molecule has 0 aromatic heterocycles. The highest BCUT2D eigenvalue weighted by atomic mass is 32.2. The van der Waals surface area contributed by atoms with E-state index in [9.17, 15) is 9.00 Å². The Bertz CT molecular complexity index is 333. The van der Waals surface area contributed by atoms with Gasteiger partial charge in [-0.05, 0) is 19.1 Å². The average Bonchev–Trinajstić information content (AvgIpc) is 2.03. The number of aryl methyl sites for hydroxylation is 1. The fourth-order valence-corrected chi connectivity index (χ4v) is 1.41. The molecule has 0 bridgehead atoms. The lowest BCUT2D eigenvalue weighted by Gasteiger charge is -1.99. The number of carbonyl (C=O) groups excluding carboxylic acids is 1. The Hall–Kier alpha value is -1.00. The van der Waals surface area contributed by atoms with Gasteiger partial charge in [-0.2, -0.15) is 0 Å². The number of hydrogen-bond acceptors (Lipinski definition) is 2. The standard InChI is InChI=1S/C8H8O3S/c1-6-2-3-8(12(10)11)7(4-6)5-9/h2-5H,1H3,(H,10,11). The summed E-state index contributed by atoms with van der Waals surface area (Å²) in [4.78, 5) is 10.6. The van der Waals surface area contributed by atoms with Gasteiger partial charge in [0.1, 0.15) is 0 Å². The van der Waals surface area contributed by atoms with Gasteiger partial charge in [0.15, 0.2) is 17.4 Å². The van der Waals surface area contributed by atoms with Crippen LogP contribution in [0.25, 0.3) is 0 Å². The van der Waals surface area contributed by atoms with E-state index >= 15 is 0 Å². The number of hydrogen-bond donors (Lipinski definition) is 1. The van der Waals surface area contributed by atoms with Crippen molar-refractivity contribution in [1.82, 2.24) is 0 Å². The van der Waals surface area contributed by atoms with E-state index in [1.54, 1.807) is 12.1 Å². The van der Waals surface area contributed by atoms with Gasteiger partial charge in [0.2, 0.25) is 0 Å². The fourth-order valence-electron chi connectivity index (χ4n) is 0.919. The highest BCUT2D eigenvalue weighted by Crippen LogP contribution is 2.12. The maximum atomic E-state index is 10.6. The molecule has 0 spiro atoms. The van der Waals surface area contributed by atoms with Crippen molar-refractivity contribution < 1.29 is 13.6 Å². The summed E-state index contributed by atoms with van der Waals surface area (Å²) in [5.41, 5.74) is 1.17. The van der Waals surface area contributed by atoms with Gasteiger partial charge in [0.05, 0.1) is 4.90 Å². The van der Waals surface area contributed by atoms with Crippen LogP contribution >= 0.6 is 0 Å². The summed E-state index contributed by atoms with van der Waals surface area (Å²) in [7, 11) is 0. The van der Waals surface area contributed by atoms with Crippen LogP contribution in [0.2, 0.25) is 0 Å². The first-order valence-electron chi connectivity index (χ1n) is 3.32. The molecule has 0 heterocycles. The second-order valence-electron chi connectivity index (χ2n) is 2.41. The van der Waals surface area contributed by atoms with E-state index in [1.807, 2.05) is 6.92 Å². The van der Waals surface area contributed by atoms with E-state index in [1.165, 1.54) is 6.07 Å². The third-order valence-corrected chi connectivity index (χ3v) is 2.23. The van der Waals surface area contributed by atoms with Crippen molar-refractivity contribution in [3.05, 3.63) is 29.3 Å². The molecule has 64 valence electrons. The molecule has 1 unspecified atom stereocenters. The Morgan fingerprint density at radius 1 is 1.50 bits per heavy atom. The minimum Gasteiger partial charge on any atom is -0.302 e. The van der Waals surface area contributed by atoms with Crippen LogP contribution in [0.15, 0.2) is 23.1 Å². The lowest BCUT2D eigenvalue weighted by atomic mass is 10.2. The predicted octanol–water partition coefficient (Wildman–Crippen LogP) is 1.39. The number of benzene rings is 1. The molecule has 0 saturated carbocycles. The van der Waals surface area contributed by atoms with Crippen LogP contribution in [-0.2, 0) is 11.1 Å². The molecule has 1 aromatic rings. The zero-order valence-electron chi connectivity index (χ0n) is 6.48. The summed E-state index contributed by atoms with van der Waals surface area (Å²) in [6.45, 7) is 1.82. The maximum Gasteiger partial charge on any atom is 0.187 e. The first-order chi connectivity index (χ1) is 5.65. The van der Waals surface area contributed by atoms with Crippen molar-refractivity contribution in [2.24, 2.45) is 0 Å². The van der Waals surface area contributed by atoms with Gasteiger partial charge in [0, 0.05) is 5.56 Å². The van der Waals surface area contributed by atoms with E-state index in [0.29, 0.717) is 6.29 Å². The summed E-state index contributed by atoms with van der Waals surface area (Å²) < 4.78 is 19.4. The third-order valence-electron chi connectivity index (χ3n) is 1.48. The molecule has 1 aromatic carbocycles. The minimum atomic E-state index is -2.08. The summed E-state index contributed by atoms with van der Waals surface area (Å²) in [5, 5.41) is 0. The van der Waals surface area contributed by atoms with E-state index in [2.05, 4.69) is 0 Å². The summed E-state index contributed by atoms with van der Waals surface area (Å²) in [6.07, 6.45) is 0.580. The lowest BCUT2D eigenvalue weighted by Crippen LogP contribution is -1.95. The molecule has 4 heteroatoms. The lowest BCUT2D eigenvalue weighted by molar-refractivity contribution is 0.112. The smallest absolute Gasteiger partial charge is 0.187 e. The van der Waals surface area contributed by atoms with Gasteiger partial charge in [-0.25, -0.2) is 4.21 Å². The largest absolute Gasteiger partial charge is 0.302 e. The fraction of sp³-hybridized carbons (Fsp3) is 0.125. The van der Waals surface area contributed by atoms with Gasteiger partial charge in [-0.1, -0.05) is 11.6 Å². The van der Waals surface area contributed by atoms with E-state index < -0.39 is 11.1 Å². The zero-order valence-corrected chi connectivity index (χ0v) is 7.30. The number of carbonyl (C=O) groups is 1. The first-order valence-corrected chi connectivity index (χ1v) is 4.42. The van der Waals surface area contributed by atoms with Crippen molar-refractivity contribution >= 4 is 17.4 Å². The molecule has 1 N–H and O–H groups in total. The van der Waals surface area contributed by atoms with Gasteiger partial charge in [-0.3, -0.25) is 4.79 Å². The average molecular weight is 184 g/mol. The highest BCUT2D eigenvalue weighted by molar-refractivity contribution is 7.79. The van der Waals surface area contributed by atoms with Crippen LogP contribution in [-0.4, -0.2) is 15.0 Å². The topological polar surface area (TPSA) is 54.4 Å². The van der Waals surface area contributed by atoms with Gasteiger partial charge >= 0.3 is 0 Å². The molecule has 0 fully saturated rings. The highest BCUT2D eigenvalue weighted by Gasteiger charge is 2.06. The van der Waals surface area contributed by atoms with E-state index in [-0.39, 0.29) is 10.5 Å². The van der Waals surface area contributed by atoms with Gasteiger partial charge < -0.3 is 4.55 Å². The molecular formula is C8H8O3S. The molecule has 12 heavy (non-hydrogen) atoms. The monoisotopic (exact) mass is 184 g/mol. The van der Waals surface area contributed by atoms with Crippen molar-refractivity contribution in [3.8, 4) is 0 Å². The second-order valence-corrected chi connectivity index (χ2v) is 3.35. The van der Waals surface area contributed by atoms with Crippen molar-refractivity contribution in [3.63, 3.8) is 0 Å². The van der Waals surface area contributed by atoms with Crippen LogP contribution in [0.4, 0.5) is 0 Å². The van der Waals surface area contributed by atoms with Crippen LogP contribution in [0, 0.1) is 6.92 Å². The quantitative estimate of drug-likeness (QED) is 0.558. The summed E-state index contributed by atoms with van der Waals surface area (Å²) >= 11 is -2.08. The Kier molecular flexibility index (Phi) is 2.73. The Morgan fingerprint density at radius 3 is 2.67 bits per heavy atom. The molecule has 0 radical (unpaired) electrons. The van der Waals surface area contributed by atoms with Gasteiger partial charge in [0.25, 0.3) is 0 Å². The first kappa shape index (κ1) is 9.09. The molecule has 0 aliphatic heterocycles. The van der Waals surface area contributed by atoms with Crippen molar-refractivity contribution in [1.29, 1.82) is 0 Å². The Morgan fingerprint density at radius 2 is 2.17 bits per heavy atom. The second kappa shape index (κ2) is 3.60. The molecule has 0 saturated heterocycles. The van der Waals surface area contributed by atoms with Crippen LogP contribution < -0.4 is 0 Å². The Balaban J connectivity index is 3.29. The minimum absolute atomic E-state index is 0.163. The number of rotatable bonds is 2. The third kappa shape index (κ3) is 1.78. The van der Waals surface area contributed by atoms with Gasteiger partial charge in [-0.15, -0.1) is 0 Å². The van der Waals surface area contributed by atoms with E-state index in [0.717, 1.165) is 5.56 Å². The maximum absolute atomic E-state index is 10.6. The van der Waals surface area contributed by atoms with Crippen molar-refractivity contribution in [2.45, 2.75) is 11.8 Å². The normalized spacial score (nSPS) is 12.5. The SMILES string of the molecule is Cc1ccc(S(=O)O)c(C=O)c1. The molecule has 0 amide bonds. The number of aldehydes is 1. The van der Waals surface area contributed by atoms with E-state index in [4.69, 9.17) is 4.55 Å². The molecule has 3 nitrogen and oxygen atoms in total. The summed E-state index contributed by atoms with van der Waals surface area (Å²) in [6, 6.07) is 4.75. The zero-order chi connectivity index (χ0) is 9.14. The molecular weight excluding hydrogens is 176 g/mol. The molecule has 0 aliphatic carbocycles. The van der Waals surface area contributed by atoms with Crippen LogP contribution in [0.1, 0.15) is 15.9 Å². The molecule has 1 rings (SSSR count). The molecule has 1 atom stereocenters. The van der Waals surface area contributed by atoms with Crippen LogP contribution in [0.5, 0.6) is 0 Å². The van der Waals surface area contributed by atoms with Crippen molar-refractivity contribution in [2.75, 3.05) is 0 Å². The van der Waals surface area contributed by atoms with Crippen LogP contribution in [0.3, 0.4) is 0 Å². The predicted molar refractivity (Wildman–Crippen MR) is 45.6 cm³/mol. The molecule has 0 aliphatic rings. The Labute approximate surface area is 72.7 Å².